The molecule has 0 fully saturated rings. The normalized spacial score (nSPS) is 12.0. The van der Waals surface area contributed by atoms with Crippen LogP contribution in [0.1, 0.15) is 19.4 Å². The molecule has 0 atom stereocenters. The first-order valence-electron chi connectivity index (χ1n) is 6.24. The maximum atomic E-state index is 11.9. The molecule has 0 aromatic heterocycles. The summed E-state index contributed by atoms with van der Waals surface area (Å²) in [5, 5.41) is 3.84. The molecular weight excluding hydrogens is 330 g/mol. The molecule has 0 saturated carbocycles. The summed E-state index contributed by atoms with van der Waals surface area (Å²) < 4.78 is 44.6. The maximum absolute atomic E-state index is 11.9. The third kappa shape index (κ3) is 7.22. The van der Waals surface area contributed by atoms with Gasteiger partial charge in [-0.15, -0.1) is 13.2 Å². The van der Waals surface area contributed by atoms with Crippen molar-refractivity contribution in [3.05, 3.63) is 27.7 Å². The van der Waals surface area contributed by atoms with E-state index >= 15 is 0 Å². The SMILES string of the molecule is CC(C)NCc1cc(Cl)cc(Cl)c1OCCOC(F)(F)F. The van der Waals surface area contributed by atoms with Gasteiger partial charge in [0.25, 0.3) is 0 Å². The number of benzene rings is 1. The monoisotopic (exact) mass is 345 g/mol. The van der Waals surface area contributed by atoms with Crippen LogP contribution in [0, 0.1) is 0 Å². The molecule has 1 aromatic carbocycles. The van der Waals surface area contributed by atoms with Crippen LogP contribution in [0.3, 0.4) is 0 Å². The summed E-state index contributed by atoms with van der Waals surface area (Å²) in [4.78, 5) is 0. The molecule has 0 heterocycles. The van der Waals surface area contributed by atoms with E-state index in [9.17, 15) is 13.2 Å². The zero-order valence-electron chi connectivity index (χ0n) is 11.6. The fraction of sp³-hybridized carbons (Fsp3) is 0.538. The highest BCUT2D eigenvalue weighted by atomic mass is 35.5. The van der Waals surface area contributed by atoms with Crippen LogP contribution in [0.25, 0.3) is 0 Å². The molecule has 1 rings (SSSR count). The van der Waals surface area contributed by atoms with E-state index in [0.717, 1.165) is 0 Å². The topological polar surface area (TPSA) is 30.5 Å². The van der Waals surface area contributed by atoms with Crippen LogP contribution in [-0.2, 0) is 11.3 Å². The number of nitrogens with one attached hydrogen (secondary N) is 1. The van der Waals surface area contributed by atoms with Gasteiger partial charge in [-0.1, -0.05) is 37.0 Å². The van der Waals surface area contributed by atoms with E-state index in [-0.39, 0.29) is 17.7 Å². The summed E-state index contributed by atoms with van der Waals surface area (Å²) in [5.41, 5.74) is 0.674. The maximum Gasteiger partial charge on any atom is 0.522 e. The van der Waals surface area contributed by atoms with Crippen LogP contribution in [0.4, 0.5) is 13.2 Å². The number of hydrogen-bond acceptors (Lipinski definition) is 3. The van der Waals surface area contributed by atoms with Crippen molar-refractivity contribution in [1.29, 1.82) is 0 Å². The zero-order chi connectivity index (χ0) is 16.0. The smallest absolute Gasteiger partial charge is 0.489 e. The molecule has 0 spiro atoms. The summed E-state index contributed by atoms with van der Waals surface area (Å²) >= 11 is 11.9. The third-order valence-electron chi connectivity index (χ3n) is 2.38. The highest BCUT2D eigenvalue weighted by Crippen LogP contribution is 2.32. The van der Waals surface area contributed by atoms with Gasteiger partial charge in [0.1, 0.15) is 12.4 Å². The number of halogens is 5. The molecule has 0 unspecified atom stereocenters. The summed E-state index contributed by atoms with van der Waals surface area (Å²) in [6, 6.07) is 3.36. The zero-order valence-corrected chi connectivity index (χ0v) is 13.1. The quantitative estimate of drug-likeness (QED) is 0.742. The summed E-state index contributed by atoms with van der Waals surface area (Å²) in [6.07, 6.45) is -4.67. The summed E-state index contributed by atoms with van der Waals surface area (Å²) in [7, 11) is 0. The lowest BCUT2D eigenvalue weighted by Gasteiger charge is -2.16. The molecule has 0 aliphatic rings. The predicted molar refractivity (Wildman–Crippen MR) is 75.9 cm³/mol. The molecule has 0 radical (unpaired) electrons. The van der Waals surface area contributed by atoms with Crippen molar-refractivity contribution >= 4 is 23.2 Å². The Bertz CT molecular complexity index is 467. The van der Waals surface area contributed by atoms with Crippen LogP contribution < -0.4 is 10.1 Å². The lowest BCUT2D eigenvalue weighted by molar-refractivity contribution is -0.325. The average molecular weight is 346 g/mol. The Hall–Kier alpha value is -0.690. The molecule has 8 heteroatoms. The molecule has 0 bridgehead atoms. The second-order valence-electron chi connectivity index (χ2n) is 4.55. The first kappa shape index (κ1) is 18.4. The molecule has 1 N–H and O–H groups in total. The minimum Gasteiger partial charge on any atom is -0.489 e. The molecule has 120 valence electrons. The van der Waals surface area contributed by atoms with Crippen LogP contribution in [0.2, 0.25) is 10.0 Å². The van der Waals surface area contributed by atoms with Crippen molar-refractivity contribution in [3.8, 4) is 5.75 Å². The van der Waals surface area contributed by atoms with Crippen LogP contribution in [0.5, 0.6) is 5.75 Å². The van der Waals surface area contributed by atoms with Gasteiger partial charge in [0.2, 0.25) is 0 Å². The predicted octanol–water partition coefficient (Wildman–Crippen LogP) is 4.41. The number of rotatable bonds is 7. The van der Waals surface area contributed by atoms with Gasteiger partial charge in [0, 0.05) is 23.2 Å². The van der Waals surface area contributed by atoms with E-state index in [4.69, 9.17) is 27.9 Å². The molecule has 21 heavy (non-hydrogen) atoms. The Morgan fingerprint density at radius 3 is 2.43 bits per heavy atom. The van der Waals surface area contributed by atoms with Gasteiger partial charge in [-0.25, -0.2) is 0 Å². The standard InChI is InChI=1S/C13H16Cl2F3NO2/c1-8(2)19-7-9-5-10(14)6-11(15)12(9)20-3-4-21-13(16,17)18/h5-6,8,19H,3-4,7H2,1-2H3. The van der Waals surface area contributed by atoms with Gasteiger partial charge in [0.05, 0.1) is 11.6 Å². The van der Waals surface area contributed by atoms with Crippen molar-refractivity contribution in [2.24, 2.45) is 0 Å². The van der Waals surface area contributed by atoms with Crippen molar-refractivity contribution < 1.29 is 22.6 Å². The second-order valence-corrected chi connectivity index (χ2v) is 5.40. The Kier molecular flexibility index (Phi) is 7.06. The van der Waals surface area contributed by atoms with Crippen LogP contribution >= 0.6 is 23.2 Å². The van der Waals surface area contributed by atoms with Crippen molar-refractivity contribution in [2.45, 2.75) is 32.8 Å². The van der Waals surface area contributed by atoms with E-state index in [0.29, 0.717) is 22.9 Å². The highest BCUT2D eigenvalue weighted by Gasteiger charge is 2.28. The minimum atomic E-state index is -4.67. The Morgan fingerprint density at radius 2 is 1.86 bits per heavy atom. The summed E-state index contributed by atoms with van der Waals surface area (Å²) in [6.45, 7) is 3.48. The van der Waals surface area contributed by atoms with E-state index in [2.05, 4.69) is 10.1 Å². The Labute approximate surface area is 131 Å². The van der Waals surface area contributed by atoms with E-state index < -0.39 is 13.0 Å². The largest absolute Gasteiger partial charge is 0.522 e. The molecule has 0 amide bonds. The fourth-order valence-electron chi connectivity index (χ4n) is 1.52. The molecule has 0 saturated heterocycles. The van der Waals surface area contributed by atoms with Crippen LogP contribution in [-0.4, -0.2) is 25.6 Å². The highest BCUT2D eigenvalue weighted by molar-refractivity contribution is 6.35. The molecular formula is C13H16Cl2F3NO2. The van der Waals surface area contributed by atoms with Crippen molar-refractivity contribution in [2.75, 3.05) is 13.2 Å². The Balaban J connectivity index is 2.70. The first-order valence-corrected chi connectivity index (χ1v) is 6.99. The minimum absolute atomic E-state index is 0.226. The Morgan fingerprint density at radius 1 is 1.19 bits per heavy atom. The van der Waals surface area contributed by atoms with E-state index in [1.807, 2.05) is 13.8 Å². The molecule has 0 aliphatic carbocycles. The van der Waals surface area contributed by atoms with Crippen molar-refractivity contribution in [3.63, 3.8) is 0 Å². The van der Waals surface area contributed by atoms with Gasteiger partial charge in [-0.05, 0) is 12.1 Å². The van der Waals surface area contributed by atoms with Gasteiger partial charge < -0.3 is 10.1 Å². The lowest BCUT2D eigenvalue weighted by atomic mass is 10.2. The van der Waals surface area contributed by atoms with Gasteiger partial charge in [-0.3, -0.25) is 4.74 Å². The molecule has 0 aliphatic heterocycles. The third-order valence-corrected chi connectivity index (χ3v) is 2.88. The second kappa shape index (κ2) is 8.08. The summed E-state index contributed by atoms with van der Waals surface area (Å²) in [5.74, 6) is 0.306. The average Bonchev–Trinajstić information content (AvgIpc) is 2.32. The van der Waals surface area contributed by atoms with Crippen molar-refractivity contribution in [1.82, 2.24) is 5.32 Å². The van der Waals surface area contributed by atoms with E-state index in [1.54, 1.807) is 6.07 Å². The molecule has 1 aromatic rings. The van der Waals surface area contributed by atoms with Crippen LogP contribution in [0.15, 0.2) is 12.1 Å². The number of ether oxygens (including phenoxy) is 2. The van der Waals surface area contributed by atoms with Gasteiger partial charge >= 0.3 is 6.36 Å². The van der Waals surface area contributed by atoms with Gasteiger partial charge in [-0.2, -0.15) is 0 Å². The number of hydrogen-bond donors (Lipinski definition) is 1. The first-order chi connectivity index (χ1) is 9.69. The molecule has 3 nitrogen and oxygen atoms in total. The fourth-order valence-corrected chi connectivity index (χ4v) is 2.11. The number of alkyl halides is 3. The lowest BCUT2D eigenvalue weighted by Crippen LogP contribution is -2.23. The van der Waals surface area contributed by atoms with Gasteiger partial charge in [0.15, 0.2) is 0 Å². The van der Waals surface area contributed by atoms with E-state index in [1.165, 1.54) is 6.07 Å².